The number of hydrogen-bond donors (Lipinski definition) is 3. The number of nitrogens with one attached hydrogen (secondary N) is 2. The number of hydrogen-bond acceptors (Lipinski definition) is 3. The summed E-state index contributed by atoms with van der Waals surface area (Å²) in [5, 5.41) is 13.7. The van der Waals surface area contributed by atoms with Crippen molar-refractivity contribution in [3.05, 3.63) is 66.0 Å². The van der Waals surface area contributed by atoms with Crippen LogP contribution in [-0.2, 0) is 0 Å². The summed E-state index contributed by atoms with van der Waals surface area (Å²) in [7, 11) is 0. The van der Waals surface area contributed by atoms with E-state index in [-0.39, 0.29) is 19.1 Å². The minimum atomic E-state index is -1.10. The molecule has 2 amide bonds. The number of carboxylic acid groups (broad SMARTS) is 1. The van der Waals surface area contributed by atoms with E-state index < -0.39 is 6.09 Å². The molecule has 0 fully saturated rings. The van der Waals surface area contributed by atoms with Crippen molar-refractivity contribution in [2.75, 3.05) is 18.5 Å². The fraction of sp³-hybridized carbons (Fsp3) is 0.158. The molecule has 1 aromatic carbocycles. The molecular weight excluding hydrogens is 334 g/mol. The van der Waals surface area contributed by atoms with Crippen LogP contribution in [0.3, 0.4) is 0 Å². The number of anilines is 1. The van der Waals surface area contributed by atoms with Crippen LogP contribution < -0.4 is 15.4 Å². The standard InChI is InChI=1S/C19H19N3O4/c1-13-12-22-9-3-2-7-16(22)17(13)21-18(23)14-5-4-6-15(11-14)26-10-8-20-19(24)25/h2-7,9,11-12,20H,8,10H2,1H3,(H,21,23)(H,24,25). The first-order valence-corrected chi connectivity index (χ1v) is 8.12. The Kier molecular flexibility index (Phi) is 5.07. The van der Waals surface area contributed by atoms with Gasteiger partial charge >= 0.3 is 6.09 Å². The molecule has 7 heteroatoms. The number of pyridine rings is 1. The fourth-order valence-electron chi connectivity index (χ4n) is 2.66. The van der Waals surface area contributed by atoms with Crippen molar-refractivity contribution >= 4 is 23.2 Å². The molecule has 2 heterocycles. The largest absolute Gasteiger partial charge is 0.492 e. The Morgan fingerprint density at radius 2 is 2.04 bits per heavy atom. The molecule has 0 unspecified atom stereocenters. The lowest BCUT2D eigenvalue weighted by Gasteiger charge is -2.09. The van der Waals surface area contributed by atoms with Crippen LogP contribution in [0, 0.1) is 6.92 Å². The van der Waals surface area contributed by atoms with Gasteiger partial charge in [-0.1, -0.05) is 12.1 Å². The lowest BCUT2D eigenvalue weighted by atomic mass is 10.2. The number of nitrogens with zero attached hydrogens (tertiary/aromatic N) is 1. The van der Waals surface area contributed by atoms with E-state index in [1.54, 1.807) is 24.3 Å². The second-order valence-corrected chi connectivity index (χ2v) is 5.74. The zero-order valence-electron chi connectivity index (χ0n) is 14.2. The van der Waals surface area contributed by atoms with Gasteiger partial charge in [-0.15, -0.1) is 0 Å². The highest BCUT2D eigenvalue weighted by molar-refractivity contribution is 6.07. The van der Waals surface area contributed by atoms with Crippen molar-refractivity contribution in [1.29, 1.82) is 0 Å². The number of carbonyl (C=O) groups excluding carboxylic acids is 1. The van der Waals surface area contributed by atoms with Gasteiger partial charge in [0.1, 0.15) is 12.4 Å². The fourth-order valence-corrected chi connectivity index (χ4v) is 2.66. The van der Waals surface area contributed by atoms with E-state index in [1.807, 2.05) is 41.9 Å². The minimum absolute atomic E-state index is 0.168. The molecule has 3 rings (SSSR count). The Hall–Kier alpha value is -3.48. The Labute approximate surface area is 150 Å². The number of aryl methyl sites for hydroxylation is 1. The summed E-state index contributed by atoms with van der Waals surface area (Å²) in [4.78, 5) is 23.0. The van der Waals surface area contributed by atoms with Gasteiger partial charge in [-0.05, 0) is 42.8 Å². The van der Waals surface area contributed by atoms with E-state index in [0.717, 1.165) is 16.8 Å². The maximum absolute atomic E-state index is 12.6. The lowest BCUT2D eigenvalue weighted by Crippen LogP contribution is -2.26. The smallest absolute Gasteiger partial charge is 0.404 e. The Balaban J connectivity index is 1.70. The summed E-state index contributed by atoms with van der Waals surface area (Å²) in [6.07, 6.45) is 2.79. The maximum Gasteiger partial charge on any atom is 0.404 e. The molecule has 3 N–H and O–H groups in total. The number of rotatable bonds is 6. The predicted octanol–water partition coefficient (Wildman–Crippen LogP) is 3.15. The number of amides is 2. The molecule has 0 aliphatic rings. The number of benzene rings is 1. The summed E-state index contributed by atoms with van der Waals surface area (Å²) in [6, 6.07) is 12.6. The second-order valence-electron chi connectivity index (χ2n) is 5.74. The molecule has 3 aromatic rings. The number of ether oxygens (including phenoxy) is 1. The maximum atomic E-state index is 12.6. The summed E-state index contributed by atoms with van der Waals surface area (Å²) in [5.41, 5.74) is 3.12. The van der Waals surface area contributed by atoms with Gasteiger partial charge in [0.15, 0.2) is 0 Å². The molecule has 0 aliphatic carbocycles. The van der Waals surface area contributed by atoms with E-state index in [0.29, 0.717) is 11.3 Å². The van der Waals surface area contributed by atoms with E-state index >= 15 is 0 Å². The Morgan fingerprint density at radius 3 is 2.85 bits per heavy atom. The first-order chi connectivity index (χ1) is 12.5. The van der Waals surface area contributed by atoms with Crippen LogP contribution in [0.5, 0.6) is 5.75 Å². The van der Waals surface area contributed by atoms with Crippen LogP contribution in [0.1, 0.15) is 15.9 Å². The van der Waals surface area contributed by atoms with Crippen LogP contribution >= 0.6 is 0 Å². The molecule has 0 spiro atoms. The van der Waals surface area contributed by atoms with Gasteiger partial charge in [0.25, 0.3) is 5.91 Å². The lowest BCUT2D eigenvalue weighted by molar-refractivity contribution is 0.102. The zero-order chi connectivity index (χ0) is 18.5. The van der Waals surface area contributed by atoms with Gasteiger partial charge in [-0.2, -0.15) is 0 Å². The van der Waals surface area contributed by atoms with Gasteiger partial charge in [0.2, 0.25) is 0 Å². The van der Waals surface area contributed by atoms with Crippen molar-refractivity contribution in [1.82, 2.24) is 9.72 Å². The highest BCUT2D eigenvalue weighted by Gasteiger charge is 2.12. The number of fused-ring (bicyclic) bond motifs is 1. The van der Waals surface area contributed by atoms with Gasteiger partial charge in [-0.25, -0.2) is 4.79 Å². The molecule has 7 nitrogen and oxygen atoms in total. The van der Waals surface area contributed by atoms with Crippen LogP contribution in [-0.4, -0.2) is 34.7 Å². The van der Waals surface area contributed by atoms with Gasteiger partial charge < -0.3 is 24.9 Å². The van der Waals surface area contributed by atoms with Gasteiger partial charge in [-0.3, -0.25) is 4.79 Å². The first kappa shape index (κ1) is 17.3. The number of aromatic nitrogens is 1. The van der Waals surface area contributed by atoms with E-state index in [1.165, 1.54) is 0 Å². The molecule has 134 valence electrons. The molecule has 2 aromatic heterocycles. The average Bonchev–Trinajstić information content (AvgIpc) is 2.94. The summed E-state index contributed by atoms with van der Waals surface area (Å²) < 4.78 is 7.42. The quantitative estimate of drug-likeness (QED) is 0.594. The molecule has 0 atom stereocenters. The molecule has 0 radical (unpaired) electrons. The highest BCUT2D eigenvalue weighted by Crippen LogP contribution is 2.24. The SMILES string of the molecule is Cc1cn2ccccc2c1NC(=O)c1cccc(OCCNC(=O)O)c1. The molecule has 0 saturated carbocycles. The van der Waals surface area contributed by atoms with E-state index in [4.69, 9.17) is 9.84 Å². The van der Waals surface area contributed by atoms with Crippen molar-refractivity contribution in [2.24, 2.45) is 0 Å². The van der Waals surface area contributed by atoms with Crippen molar-refractivity contribution < 1.29 is 19.4 Å². The Bertz CT molecular complexity index is 949. The average molecular weight is 353 g/mol. The topological polar surface area (TPSA) is 92.1 Å². The van der Waals surface area contributed by atoms with Crippen LogP contribution in [0.4, 0.5) is 10.5 Å². The third kappa shape index (κ3) is 3.94. The molecule has 0 aliphatic heterocycles. The number of carbonyl (C=O) groups is 2. The summed E-state index contributed by atoms with van der Waals surface area (Å²) in [5.74, 6) is 0.266. The van der Waals surface area contributed by atoms with Crippen LogP contribution in [0.2, 0.25) is 0 Å². The molecule has 0 saturated heterocycles. The monoisotopic (exact) mass is 353 g/mol. The second kappa shape index (κ2) is 7.60. The highest BCUT2D eigenvalue weighted by atomic mass is 16.5. The van der Waals surface area contributed by atoms with Crippen molar-refractivity contribution in [3.63, 3.8) is 0 Å². The van der Waals surface area contributed by atoms with E-state index in [9.17, 15) is 9.59 Å². The van der Waals surface area contributed by atoms with Crippen molar-refractivity contribution in [3.8, 4) is 5.75 Å². The third-order valence-corrected chi connectivity index (χ3v) is 3.86. The van der Waals surface area contributed by atoms with Gasteiger partial charge in [0.05, 0.1) is 17.7 Å². The van der Waals surface area contributed by atoms with Crippen LogP contribution in [0.25, 0.3) is 5.52 Å². The van der Waals surface area contributed by atoms with Gasteiger partial charge in [0, 0.05) is 18.0 Å². The zero-order valence-corrected chi connectivity index (χ0v) is 14.2. The molecular formula is C19H19N3O4. The van der Waals surface area contributed by atoms with Crippen LogP contribution in [0.15, 0.2) is 54.9 Å². The normalized spacial score (nSPS) is 10.5. The third-order valence-electron chi connectivity index (χ3n) is 3.86. The van der Waals surface area contributed by atoms with E-state index in [2.05, 4.69) is 10.6 Å². The summed E-state index contributed by atoms with van der Waals surface area (Å²) in [6.45, 7) is 2.29. The molecule has 26 heavy (non-hydrogen) atoms. The Morgan fingerprint density at radius 1 is 1.19 bits per heavy atom. The first-order valence-electron chi connectivity index (χ1n) is 8.12. The molecule has 0 bridgehead atoms. The van der Waals surface area contributed by atoms with Crippen molar-refractivity contribution in [2.45, 2.75) is 6.92 Å². The summed E-state index contributed by atoms with van der Waals surface area (Å²) >= 11 is 0. The predicted molar refractivity (Wildman–Crippen MR) is 98.1 cm³/mol. The minimum Gasteiger partial charge on any atom is -0.492 e.